The van der Waals surface area contributed by atoms with Crippen molar-refractivity contribution in [3.63, 3.8) is 0 Å². The van der Waals surface area contributed by atoms with E-state index in [-0.39, 0.29) is 0 Å². The van der Waals surface area contributed by atoms with Gasteiger partial charge in [-0.25, -0.2) is 0 Å². The Morgan fingerprint density at radius 2 is 0.448 bits per heavy atom. The third-order valence-corrected chi connectivity index (χ3v) is 25.6. The molecular weight excluding hydrogens is 1410 g/mol. The third kappa shape index (κ3) is 8.95. The fourth-order valence-electron chi connectivity index (χ4n) is 20.8. The molecule has 540 valence electrons. The molecule has 6 heteroatoms. The number of furan rings is 2. The highest BCUT2D eigenvalue weighted by atomic mass is 16.3. The molecule has 0 unspecified atom stereocenters. The number of aromatic nitrogens is 4. The first kappa shape index (κ1) is 64.4. The van der Waals surface area contributed by atoms with Crippen LogP contribution in [-0.2, 0) is 10.8 Å². The first-order valence-corrected chi connectivity index (χ1v) is 40.0. The fourth-order valence-corrected chi connectivity index (χ4v) is 20.8. The molecule has 6 heterocycles. The van der Waals surface area contributed by atoms with Crippen LogP contribution in [-0.4, -0.2) is 18.3 Å². The van der Waals surface area contributed by atoms with Crippen LogP contribution in [0.4, 0.5) is 0 Å². The normalized spacial score (nSPS) is 13.3. The maximum absolute atomic E-state index is 6.47. The molecule has 26 rings (SSSR count). The Morgan fingerprint density at radius 3 is 0.888 bits per heavy atom. The van der Waals surface area contributed by atoms with Crippen molar-refractivity contribution in [3.8, 4) is 45.0 Å². The van der Waals surface area contributed by atoms with Crippen LogP contribution in [0.15, 0.2) is 421 Å². The van der Waals surface area contributed by atoms with Gasteiger partial charge in [-0.3, -0.25) is 0 Å². The number of hydrogen-bond donors (Lipinski definition) is 0. The molecule has 6 aromatic heterocycles. The lowest BCUT2D eigenvalue weighted by molar-refractivity contribution is 0.669. The molecule has 0 N–H and O–H groups in total. The SMILES string of the molecule is c1ccc(-n2c3cc4c(cc3c3cc5c6ccccc6n(-c6ccc(C7(c8ccccc8)c8ccccc8-c8ccccc87)cc6)c5cc32)oc2ccccc24)cc1.c1ccc(-n2c3cc4c(cc3c3cc5c6ccccc6n(-c6cccc(C7(c8ccccc8)c8ccccc8-c8ccccc87)c6)c5cc32)oc2ccccc24)cc1. The van der Waals surface area contributed by atoms with Crippen molar-refractivity contribution < 1.29 is 8.83 Å². The summed E-state index contributed by atoms with van der Waals surface area (Å²) in [4.78, 5) is 0. The van der Waals surface area contributed by atoms with E-state index in [9.17, 15) is 0 Å². The van der Waals surface area contributed by atoms with Crippen LogP contribution in [0.3, 0.4) is 0 Å². The number of rotatable bonds is 8. The molecule has 0 saturated carbocycles. The molecular formula is C110H68N4O2. The zero-order valence-electron chi connectivity index (χ0n) is 62.9. The van der Waals surface area contributed by atoms with Gasteiger partial charge in [-0.1, -0.05) is 291 Å². The van der Waals surface area contributed by atoms with Crippen LogP contribution < -0.4 is 0 Å². The number of fused-ring (bicyclic) bond motifs is 24. The number of para-hydroxylation sites is 6. The summed E-state index contributed by atoms with van der Waals surface area (Å²) in [6.45, 7) is 0. The predicted molar refractivity (Wildman–Crippen MR) is 479 cm³/mol. The van der Waals surface area contributed by atoms with Crippen LogP contribution in [0.1, 0.15) is 44.5 Å². The van der Waals surface area contributed by atoms with Crippen molar-refractivity contribution in [2.45, 2.75) is 10.8 Å². The van der Waals surface area contributed by atoms with Gasteiger partial charge in [-0.05, 0) is 188 Å². The molecule has 0 atom stereocenters. The molecule has 2 aliphatic carbocycles. The number of hydrogen-bond acceptors (Lipinski definition) is 2. The van der Waals surface area contributed by atoms with Gasteiger partial charge in [0.2, 0.25) is 0 Å². The van der Waals surface area contributed by atoms with Gasteiger partial charge in [0.05, 0.1) is 55.0 Å². The van der Waals surface area contributed by atoms with E-state index in [4.69, 9.17) is 8.83 Å². The molecule has 0 aliphatic heterocycles. The summed E-state index contributed by atoms with van der Waals surface area (Å²) in [6, 6.07) is 151. The summed E-state index contributed by atoms with van der Waals surface area (Å²) in [5, 5.41) is 14.2. The topological polar surface area (TPSA) is 46.0 Å². The standard InChI is InChI=1S/2C55H34N2O/c1-3-16-35(17-4-1)55(47-26-11-7-22-39(47)40-23-8-12-27-48(40)55)36-18-15-21-38(30-36)57-49-28-13-9-24-41(49)43-31-44-45-33-54-46(42-25-10-14-29-53(42)58-54)32-50(45)56(52(44)34-51(43)57)37-19-5-2-6-20-37;1-3-15-35(16-4-1)55(47-23-11-7-19-39(47)40-20-8-12-24-48(40)55)36-27-29-38(30-28-36)56-49-25-13-9-21-41(49)43-31-44-45-33-54-46(42-22-10-14-26-53(42)58-54)32-50(45)57(52(44)34-51(43)56)37-17-5-2-6-18-37/h2*1-34H. The molecule has 116 heavy (non-hydrogen) atoms. The van der Waals surface area contributed by atoms with Crippen molar-refractivity contribution in [3.05, 3.63) is 457 Å². The largest absolute Gasteiger partial charge is 0.456 e. The Morgan fingerprint density at radius 1 is 0.155 bits per heavy atom. The van der Waals surface area contributed by atoms with Crippen molar-refractivity contribution in [2.75, 3.05) is 0 Å². The van der Waals surface area contributed by atoms with E-state index in [2.05, 4.69) is 419 Å². The Hall–Kier alpha value is -15.2. The van der Waals surface area contributed by atoms with Crippen LogP contribution >= 0.6 is 0 Å². The van der Waals surface area contributed by atoms with Crippen molar-refractivity contribution >= 4 is 131 Å². The van der Waals surface area contributed by atoms with E-state index in [1.165, 1.54) is 132 Å². The van der Waals surface area contributed by atoms with E-state index in [0.717, 1.165) is 88.7 Å². The second kappa shape index (κ2) is 24.6. The molecule has 0 bridgehead atoms. The lowest BCUT2D eigenvalue weighted by atomic mass is 9.67. The second-order valence-corrected chi connectivity index (χ2v) is 31.3. The average Bonchev–Trinajstić information content (AvgIpc) is 1.54. The Balaban J connectivity index is 0.000000130. The van der Waals surface area contributed by atoms with E-state index >= 15 is 0 Å². The lowest BCUT2D eigenvalue weighted by Crippen LogP contribution is -2.28. The minimum absolute atomic E-state index is 0.443. The zero-order valence-corrected chi connectivity index (χ0v) is 62.9. The summed E-state index contributed by atoms with van der Waals surface area (Å²) < 4.78 is 22.7. The highest BCUT2D eigenvalue weighted by Crippen LogP contribution is 2.59. The van der Waals surface area contributed by atoms with Crippen molar-refractivity contribution in [2.24, 2.45) is 0 Å². The van der Waals surface area contributed by atoms with Gasteiger partial charge in [0.15, 0.2) is 0 Å². The van der Waals surface area contributed by atoms with Crippen molar-refractivity contribution in [1.82, 2.24) is 18.3 Å². The second-order valence-electron chi connectivity index (χ2n) is 31.3. The molecule has 6 nitrogen and oxygen atoms in total. The third-order valence-electron chi connectivity index (χ3n) is 25.6. The fraction of sp³-hybridized carbons (Fsp3) is 0.0182. The van der Waals surface area contributed by atoms with Gasteiger partial charge in [0, 0.05) is 87.4 Å². The molecule has 0 spiro atoms. The van der Waals surface area contributed by atoms with E-state index in [1.807, 2.05) is 12.1 Å². The van der Waals surface area contributed by atoms with Crippen molar-refractivity contribution in [1.29, 1.82) is 0 Å². The highest BCUT2D eigenvalue weighted by molar-refractivity contribution is 6.24. The minimum atomic E-state index is -0.489. The predicted octanol–water partition coefficient (Wildman–Crippen LogP) is 28.3. The van der Waals surface area contributed by atoms with Gasteiger partial charge < -0.3 is 27.1 Å². The Bertz CT molecular complexity index is 8100. The minimum Gasteiger partial charge on any atom is -0.456 e. The maximum atomic E-state index is 6.47. The molecule has 2 aliphatic rings. The van der Waals surface area contributed by atoms with Gasteiger partial charge >= 0.3 is 0 Å². The summed E-state index contributed by atoms with van der Waals surface area (Å²) in [6.07, 6.45) is 0. The van der Waals surface area contributed by atoms with Crippen LogP contribution in [0.5, 0.6) is 0 Å². The molecule has 24 aromatic rings. The van der Waals surface area contributed by atoms with E-state index in [0.29, 0.717) is 0 Å². The average molecular weight is 1480 g/mol. The molecule has 18 aromatic carbocycles. The van der Waals surface area contributed by atoms with Gasteiger partial charge in [0.25, 0.3) is 0 Å². The number of nitrogens with zero attached hydrogens (tertiary/aromatic N) is 4. The molecule has 0 saturated heterocycles. The molecule has 0 radical (unpaired) electrons. The van der Waals surface area contributed by atoms with Crippen LogP contribution in [0, 0.1) is 0 Å². The highest BCUT2D eigenvalue weighted by Gasteiger charge is 2.48. The van der Waals surface area contributed by atoms with Crippen LogP contribution in [0.25, 0.3) is 176 Å². The quantitative estimate of drug-likeness (QED) is 0.152. The Labute approximate surface area is 666 Å². The molecule has 0 amide bonds. The summed E-state index contributed by atoms with van der Waals surface area (Å²) in [7, 11) is 0. The van der Waals surface area contributed by atoms with E-state index in [1.54, 1.807) is 0 Å². The first-order valence-electron chi connectivity index (χ1n) is 40.0. The smallest absolute Gasteiger partial charge is 0.136 e. The zero-order chi connectivity index (χ0) is 75.9. The van der Waals surface area contributed by atoms with Gasteiger partial charge in [-0.2, -0.15) is 0 Å². The van der Waals surface area contributed by atoms with Gasteiger partial charge in [0.1, 0.15) is 22.3 Å². The maximum Gasteiger partial charge on any atom is 0.136 e. The number of benzene rings is 18. The summed E-state index contributed by atoms with van der Waals surface area (Å²) in [5.74, 6) is 0. The molecule has 0 fully saturated rings. The summed E-state index contributed by atoms with van der Waals surface area (Å²) >= 11 is 0. The van der Waals surface area contributed by atoms with Crippen LogP contribution in [0.2, 0.25) is 0 Å². The summed E-state index contributed by atoms with van der Waals surface area (Å²) in [5.41, 5.74) is 32.0. The van der Waals surface area contributed by atoms with Gasteiger partial charge in [-0.15, -0.1) is 0 Å². The van der Waals surface area contributed by atoms with E-state index < -0.39 is 10.8 Å². The first-order chi connectivity index (χ1) is 57.5. The monoisotopic (exact) mass is 1480 g/mol. The lowest BCUT2D eigenvalue weighted by Gasteiger charge is -2.34. The Kier molecular flexibility index (Phi) is 13.7.